The largest absolute Gasteiger partial charge is 0.298 e. The standard InChI is InChI=1S/C7H4BClO/c8-7-2-1-6(9)3-5(7)4-10/h1-4H. The fourth-order valence-corrected chi connectivity index (χ4v) is 0.828. The minimum Gasteiger partial charge on any atom is -0.298 e. The molecule has 10 heavy (non-hydrogen) atoms. The summed E-state index contributed by atoms with van der Waals surface area (Å²) in [4.78, 5) is 10.2. The van der Waals surface area contributed by atoms with Gasteiger partial charge in [0.1, 0.15) is 14.1 Å². The molecule has 0 N–H and O–H groups in total. The Hall–Kier alpha value is -0.755. The van der Waals surface area contributed by atoms with Gasteiger partial charge in [-0.15, -0.1) is 0 Å². The van der Waals surface area contributed by atoms with Crippen LogP contribution in [-0.2, 0) is 0 Å². The van der Waals surface area contributed by atoms with Crippen LogP contribution in [0.2, 0.25) is 5.02 Å². The van der Waals surface area contributed by atoms with Crippen LogP contribution in [0.4, 0.5) is 0 Å². The summed E-state index contributed by atoms with van der Waals surface area (Å²) in [6, 6.07) is 4.78. The predicted molar refractivity (Wildman–Crippen MR) is 42.2 cm³/mol. The van der Waals surface area contributed by atoms with Gasteiger partial charge in [-0.2, -0.15) is 0 Å². The molecule has 0 amide bonds. The number of aldehydes is 1. The van der Waals surface area contributed by atoms with E-state index < -0.39 is 0 Å². The third-order valence-corrected chi connectivity index (χ3v) is 1.41. The lowest BCUT2D eigenvalue weighted by molar-refractivity contribution is 0.112. The van der Waals surface area contributed by atoms with E-state index in [-0.39, 0.29) is 0 Å². The predicted octanol–water partition coefficient (Wildman–Crippen LogP) is 0.946. The summed E-state index contributed by atoms with van der Waals surface area (Å²) >= 11 is 5.58. The first-order valence-electron chi connectivity index (χ1n) is 2.74. The molecule has 0 heterocycles. The maximum absolute atomic E-state index is 10.2. The van der Waals surface area contributed by atoms with E-state index in [4.69, 9.17) is 19.4 Å². The molecular weight excluding hydrogens is 146 g/mol. The van der Waals surface area contributed by atoms with E-state index in [1.54, 1.807) is 12.1 Å². The number of hydrogen-bond donors (Lipinski definition) is 0. The van der Waals surface area contributed by atoms with Gasteiger partial charge in [0.25, 0.3) is 0 Å². The van der Waals surface area contributed by atoms with Crippen molar-refractivity contribution in [2.24, 2.45) is 0 Å². The zero-order valence-electron chi connectivity index (χ0n) is 5.17. The highest BCUT2D eigenvalue weighted by molar-refractivity contribution is 6.37. The van der Waals surface area contributed by atoms with Crippen molar-refractivity contribution in [1.82, 2.24) is 0 Å². The van der Waals surface area contributed by atoms with Crippen molar-refractivity contribution in [2.75, 3.05) is 0 Å². The van der Waals surface area contributed by atoms with Crippen molar-refractivity contribution in [1.29, 1.82) is 0 Å². The lowest BCUT2D eigenvalue weighted by atomic mass is 9.91. The van der Waals surface area contributed by atoms with Crippen LogP contribution in [0.3, 0.4) is 0 Å². The summed E-state index contributed by atoms with van der Waals surface area (Å²) in [5.41, 5.74) is 0.895. The first-order valence-corrected chi connectivity index (χ1v) is 3.12. The van der Waals surface area contributed by atoms with Crippen molar-refractivity contribution >= 4 is 31.2 Å². The van der Waals surface area contributed by atoms with Crippen LogP contribution >= 0.6 is 11.6 Å². The average Bonchev–Trinajstić information content (AvgIpc) is 1.94. The Morgan fingerprint density at radius 1 is 1.50 bits per heavy atom. The maximum Gasteiger partial charge on any atom is 0.149 e. The second kappa shape index (κ2) is 2.89. The number of carbonyl (C=O) groups excluding carboxylic acids is 1. The quantitative estimate of drug-likeness (QED) is 0.430. The lowest BCUT2D eigenvalue weighted by Gasteiger charge is -1.96. The first-order chi connectivity index (χ1) is 4.74. The zero-order chi connectivity index (χ0) is 7.56. The van der Waals surface area contributed by atoms with E-state index in [9.17, 15) is 4.79 Å². The van der Waals surface area contributed by atoms with Gasteiger partial charge in [-0.25, -0.2) is 0 Å². The number of carbonyl (C=O) groups is 1. The van der Waals surface area contributed by atoms with Crippen LogP contribution in [0.1, 0.15) is 10.4 Å². The molecule has 0 saturated heterocycles. The molecule has 0 unspecified atom stereocenters. The summed E-state index contributed by atoms with van der Waals surface area (Å²) in [6.07, 6.45) is 0.682. The normalized spacial score (nSPS) is 9.30. The number of hydrogen-bond acceptors (Lipinski definition) is 1. The van der Waals surface area contributed by atoms with Crippen molar-refractivity contribution in [2.45, 2.75) is 0 Å². The molecule has 1 nitrogen and oxygen atoms in total. The van der Waals surface area contributed by atoms with Gasteiger partial charge in [-0.05, 0) is 12.1 Å². The van der Waals surface area contributed by atoms with Crippen LogP contribution in [0, 0.1) is 0 Å². The van der Waals surface area contributed by atoms with Crippen molar-refractivity contribution in [3.8, 4) is 0 Å². The van der Waals surface area contributed by atoms with Crippen LogP contribution in [0.5, 0.6) is 0 Å². The second-order valence-electron chi connectivity index (χ2n) is 1.89. The Kier molecular flexibility index (Phi) is 2.12. The summed E-state index contributed by atoms with van der Waals surface area (Å²) < 4.78 is 0. The second-order valence-corrected chi connectivity index (χ2v) is 2.33. The van der Waals surface area contributed by atoms with Gasteiger partial charge in [0, 0.05) is 10.6 Å². The number of rotatable bonds is 1. The Bertz CT molecular complexity index is 260. The van der Waals surface area contributed by atoms with Gasteiger partial charge in [0.05, 0.1) is 0 Å². The van der Waals surface area contributed by atoms with Gasteiger partial charge >= 0.3 is 0 Å². The number of halogens is 1. The van der Waals surface area contributed by atoms with E-state index in [0.29, 0.717) is 22.3 Å². The average molecular weight is 150 g/mol. The third-order valence-electron chi connectivity index (χ3n) is 1.18. The molecule has 0 bridgehead atoms. The van der Waals surface area contributed by atoms with Crippen molar-refractivity contribution < 1.29 is 4.79 Å². The highest BCUT2D eigenvalue weighted by Gasteiger charge is 1.94. The molecule has 48 valence electrons. The van der Waals surface area contributed by atoms with E-state index in [1.807, 2.05) is 0 Å². The molecule has 0 saturated carbocycles. The molecule has 0 aromatic heterocycles. The molecule has 1 aromatic carbocycles. The van der Waals surface area contributed by atoms with Crippen molar-refractivity contribution in [3.63, 3.8) is 0 Å². The van der Waals surface area contributed by atoms with Gasteiger partial charge in [0.15, 0.2) is 0 Å². The van der Waals surface area contributed by atoms with Crippen LogP contribution in [-0.4, -0.2) is 14.1 Å². The van der Waals surface area contributed by atoms with E-state index in [0.717, 1.165) is 0 Å². The molecule has 0 aliphatic carbocycles. The molecule has 0 aliphatic rings. The van der Waals surface area contributed by atoms with Gasteiger partial charge in [-0.1, -0.05) is 23.1 Å². The number of benzene rings is 1. The summed E-state index contributed by atoms with van der Waals surface area (Å²) in [5, 5.41) is 0.524. The monoisotopic (exact) mass is 150 g/mol. The lowest BCUT2D eigenvalue weighted by Crippen LogP contribution is -2.08. The fraction of sp³-hybridized carbons (Fsp3) is 0. The van der Waals surface area contributed by atoms with E-state index in [1.165, 1.54) is 6.07 Å². The van der Waals surface area contributed by atoms with Crippen LogP contribution in [0.25, 0.3) is 0 Å². The minimum absolute atomic E-state index is 0.438. The van der Waals surface area contributed by atoms with Crippen LogP contribution in [0.15, 0.2) is 18.2 Å². The van der Waals surface area contributed by atoms with E-state index in [2.05, 4.69) is 0 Å². The Balaban J connectivity index is 3.21. The van der Waals surface area contributed by atoms with Gasteiger partial charge < -0.3 is 0 Å². The Labute approximate surface area is 65.4 Å². The molecule has 1 rings (SSSR count). The SMILES string of the molecule is [B]c1ccc(Cl)cc1C=O. The zero-order valence-corrected chi connectivity index (χ0v) is 5.93. The topological polar surface area (TPSA) is 17.1 Å². The molecule has 0 spiro atoms. The molecule has 1 aromatic rings. The van der Waals surface area contributed by atoms with E-state index >= 15 is 0 Å². The molecule has 0 fully saturated rings. The van der Waals surface area contributed by atoms with Gasteiger partial charge in [-0.3, -0.25) is 4.79 Å². The summed E-state index contributed by atoms with van der Waals surface area (Å²) in [5.74, 6) is 0. The molecule has 0 atom stereocenters. The highest BCUT2D eigenvalue weighted by atomic mass is 35.5. The van der Waals surface area contributed by atoms with Gasteiger partial charge in [0.2, 0.25) is 0 Å². The molecule has 2 radical (unpaired) electrons. The van der Waals surface area contributed by atoms with Crippen LogP contribution < -0.4 is 5.46 Å². The summed E-state index contributed by atoms with van der Waals surface area (Å²) in [7, 11) is 5.41. The molecule has 0 aliphatic heterocycles. The maximum atomic E-state index is 10.2. The first kappa shape index (κ1) is 7.35. The summed E-state index contributed by atoms with van der Waals surface area (Å²) in [6.45, 7) is 0. The highest BCUT2D eigenvalue weighted by Crippen LogP contribution is 2.06. The fourth-order valence-electron chi connectivity index (χ4n) is 0.648. The minimum atomic E-state index is 0.438. The Morgan fingerprint density at radius 3 is 2.70 bits per heavy atom. The van der Waals surface area contributed by atoms with Crippen molar-refractivity contribution in [3.05, 3.63) is 28.8 Å². The Morgan fingerprint density at radius 2 is 2.20 bits per heavy atom. The third kappa shape index (κ3) is 1.39. The smallest absolute Gasteiger partial charge is 0.149 e. The molecular formula is C7H4BClO. The molecule has 3 heteroatoms.